The van der Waals surface area contributed by atoms with Crippen molar-refractivity contribution in [2.45, 2.75) is 44.9 Å². The van der Waals surface area contributed by atoms with Gasteiger partial charge in [-0.3, -0.25) is 0 Å². The molecule has 0 fully saturated rings. The van der Waals surface area contributed by atoms with Gasteiger partial charge in [0, 0.05) is 0 Å². The summed E-state index contributed by atoms with van der Waals surface area (Å²) in [5.74, 6) is 0. The quantitative estimate of drug-likeness (QED) is 0.576. The Morgan fingerprint density at radius 2 is 1.95 bits per heavy atom. The average Bonchev–Trinajstić information content (AvgIpc) is 2.75. The maximum Gasteiger partial charge on any atom is -0.00941 e. The first kappa shape index (κ1) is 12.5. The molecule has 0 unspecified atom stereocenters. The molecule has 0 aromatic carbocycles. The predicted molar refractivity (Wildman–Crippen MR) is 81.6 cm³/mol. The Morgan fingerprint density at radius 1 is 0.947 bits per heavy atom. The van der Waals surface area contributed by atoms with Crippen molar-refractivity contribution < 1.29 is 0 Å². The van der Waals surface area contributed by atoms with Gasteiger partial charge in [0.15, 0.2) is 0 Å². The highest BCUT2D eigenvalue weighted by molar-refractivity contribution is 5.57. The first-order valence-corrected chi connectivity index (χ1v) is 7.47. The fourth-order valence-electron chi connectivity index (χ4n) is 2.97. The molecule has 0 aliphatic heterocycles. The summed E-state index contributed by atoms with van der Waals surface area (Å²) < 4.78 is 0. The van der Waals surface area contributed by atoms with Crippen molar-refractivity contribution in [3.05, 3.63) is 70.9 Å². The van der Waals surface area contributed by atoms with Crippen LogP contribution in [0.2, 0.25) is 0 Å². The predicted octanol–water partition coefficient (Wildman–Crippen LogP) is 5.38. The lowest BCUT2D eigenvalue weighted by Crippen LogP contribution is -2.01. The third-order valence-corrected chi connectivity index (χ3v) is 3.99. The van der Waals surface area contributed by atoms with E-state index in [9.17, 15) is 0 Å². The molecule has 0 saturated carbocycles. The summed E-state index contributed by atoms with van der Waals surface area (Å²) in [6, 6.07) is 0. The van der Waals surface area contributed by atoms with Gasteiger partial charge in [0.25, 0.3) is 0 Å². The zero-order valence-electron chi connectivity index (χ0n) is 11.5. The highest BCUT2D eigenvalue weighted by Gasteiger charge is 2.17. The van der Waals surface area contributed by atoms with Gasteiger partial charge < -0.3 is 0 Å². The molecule has 3 rings (SSSR count). The van der Waals surface area contributed by atoms with Crippen molar-refractivity contribution in [2.24, 2.45) is 0 Å². The molecule has 0 atom stereocenters. The van der Waals surface area contributed by atoms with Crippen LogP contribution < -0.4 is 0 Å². The minimum absolute atomic E-state index is 1.07. The summed E-state index contributed by atoms with van der Waals surface area (Å²) in [5, 5.41) is 0. The van der Waals surface area contributed by atoms with E-state index in [0.717, 1.165) is 19.3 Å². The first-order valence-electron chi connectivity index (χ1n) is 7.47. The molecule has 0 spiro atoms. The number of hydrogen-bond acceptors (Lipinski definition) is 0. The second kappa shape index (κ2) is 6.06. The molecular formula is C19H21. The molecule has 19 heavy (non-hydrogen) atoms. The second-order valence-corrected chi connectivity index (χ2v) is 5.36. The third-order valence-electron chi connectivity index (χ3n) is 3.99. The van der Waals surface area contributed by atoms with Crippen LogP contribution in [0.5, 0.6) is 0 Å². The summed E-state index contributed by atoms with van der Waals surface area (Å²) in [7, 11) is 0. The zero-order valence-corrected chi connectivity index (χ0v) is 11.5. The van der Waals surface area contributed by atoms with Crippen LogP contribution in [0.25, 0.3) is 0 Å². The Morgan fingerprint density at radius 3 is 2.74 bits per heavy atom. The van der Waals surface area contributed by atoms with Crippen molar-refractivity contribution >= 4 is 0 Å². The molecule has 3 aliphatic rings. The van der Waals surface area contributed by atoms with E-state index in [1.54, 1.807) is 0 Å². The fourth-order valence-corrected chi connectivity index (χ4v) is 2.97. The summed E-state index contributed by atoms with van der Waals surface area (Å²) >= 11 is 0. The Labute approximate surface area is 116 Å². The van der Waals surface area contributed by atoms with Crippen LogP contribution >= 0.6 is 0 Å². The minimum Gasteiger partial charge on any atom is -0.0844 e. The lowest BCUT2D eigenvalue weighted by Gasteiger charge is -2.19. The normalized spacial score (nSPS) is 23.2. The standard InChI is InChI=1S/C19H21/c1-4-10-16(11-5-1)18-14-8-3-9-15-19(18)17-12-6-2-7-13-17/h1-2,4,6,10,13-14H,3,5,7-9,11-12H2. The lowest BCUT2D eigenvalue weighted by atomic mass is 9.85. The van der Waals surface area contributed by atoms with Crippen LogP contribution in [-0.2, 0) is 0 Å². The van der Waals surface area contributed by atoms with Crippen LogP contribution in [0.15, 0.2) is 64.8 Å². The highest BCUT2D eigenvalue weighted by Crippen LogP contribution is 2.35. The summed E-state index contributed by atoms with van der Waals surface area (Å²) in [5.41, 5.74) is 5.83. The summed E-state index contributed by atoms with van der Waals surface area (Å²) in [6.07, 6.45) is 27.8. The van der Waals surface area contributed by atoms with Gasteiger partial charge in [-0.2, -0.15) is 0 Å². The molecule has 3 aliphatic carbocycles. The van der Waals surface area contributed by atoms with E-state index in [-0.39, 0.29) is 0 Å². The van der Waals surface area contributed by atoms with Crippen LogP contribution in [0.4, 0.5) is 0 Å². The van der Waals surface area contributed by atoms with Crippen molar-refractivity contribution in [1.82, 2.24) is 0 Å². The first-order chi connectivity index (χ1) is 9.45. The Hall–Kier alpha value is -1.56. The van der Waals surface area contributed by atoms with E-state index < -0.39 is 0 Å². The van der Waals surface area contributed by atoms with E-state index in [2.05, 4.69) is 48.6 Å². The Kier molecular flexibility index (Phi) is 3.98. The SMILES string of the molecule is [C]1=C(C2=CCC=CC2)C(C2=CC=CCC2)=CCCC1. The molecule has 0 amide bonds. The van der Waals surface area contributed by atoms with Gasteiger partial charge in [-0.15, -0.1) is 0 Å². The molecule has 0 N–H and O–H groups in total. The van der Waals surface area contributed by atoms with Crippen LogP contribution in [0.3, 0.4) is 0 Å². The summed E-state index contributed by atoms with van der Waals surface area (Å²) in [6.45, 7) is 0. The molecule has 0 heteroatoms. The van der Waals surface area contributed by atoms with Gasteiger partial charge in [0.05, 0.1) is 0 Å². The van der Waals surface area contributed by atoms with Gasteiger partial charge in [-0.05, 0) is 73.3 Å². The molecule has 0 saturated heterocycles. The van der Waals surface area contributed by atoms with Crippen LogP contribution in [0.1, 0.15) is 44.9 Å². The fraction of sp³-hybridized carbons (Fsp3) is 0.368. The van der Waals surface area contributed by atoms with Gasteiger partial charge in [0.1, 0.15) is 0 Å². The van der Waals surface area contributed by atoms with E-state index in [1.165, 1.54) is 48.0 Å². The van der Waals surface area contributed by atoms with E-state index in [1.807, 2.05) is 0 Å². The van der Waals surface area contributed by atoms with E-state index in [4.69, 9.17) is 0 Å². The molecule has 0 heterocycles. The van der Waals surface area contributed by atoms with Crippen molar-refractivity contribution in [2.75, 3.05) is 0 Å². The van der Waals surface area contributed by atoms with E-state index >= 15 is 0 Å². The monoisotopic (exact) mass is 249 g/mol. The Bertz CT molecular complexity index is 518. The van der Waals surface area contributed by atoms with Gasteiger partial charge >= 0.3 is 0 Å². The highest BCUT2D eigenvalue weighted by atomic mass is 14.2. The third kappa shape index (κ3) is 2.89. The number of rotatable bonds is 2. The van der Waals surface area contributed by atoms with Crippen LogP contribution in [0, 0.1) is 6.08 Å². The minimum atomic E-state index is 1.07. The molecule has 0 aromatic rings. The number of allylic oxidation sites excluding steroid dienone is 12. The molecule has 0 aromatic heterocycles. The molecule has 0 bridgehead atoms. The average molecular weight is 249 g/mol. The van der Waals surface area contributed by atoms with Crippen molar-refractivity contribution in [3.8, 4) is 0 Å². The molecule has 97 valence electrons. The van der Waals surface area contributed by atoms with Gasteiger partial charge in [-0.1, -0.05) is 42.5 Å². The van der Waals surface area contributed by atoms with Crippen molar-refractivity contribution in [1.29, 1.82) is 0 Å². The topological polar surface area (TPSA) is 0 Å². The smallest absolute Gasteiger partial charge is 0.00941 e. The van der Waals surface area contributed by atoms with Crippen molar-refractivity contribution in [3.63, 3.8) is 0 Å². The molecule has 0 nitrogen and oxygen atoms in total. The second-order valence-electron chi connectivity index (χ2n) is 5.36. The molecule has 1 radical (unpaired) electrons. The van der Waals surface area contributed by atoms with Gasteiger partial charge in [-0.25, -0.2) is 0 Å². The zero-order chi connectivity index (χ0) is 12.9. The maximum absolute atomic E-state index is 3.68. The van der Waals surface area contributed by atoms with Crippen LogP contribution in [-0.4, -0.2) is 0 Å². The largest absolute Gasteiger partial charge is 0.0844 e. The molecular weight excluding hydrogens is 228 g/mol. The van der Waals surface area contributed by atoms with E-state index in [0.29, 0.717) is 0 Å². The lowest BCUT2D eigenvalue weighted by molar-refractivity contribution is 0.859. The van der Waals surface area contributed by atoms with Gasteiger partial charge in [0.2, 0.25) is 0 Å². The maximum atomic E-state index is 3.68. The Balaban J connectivity index is 1.94. The summed E-state index contributed by atoms with van der Waals surface area (Å²) in [4.78, 5) is 0. The number of hydrogen-bond donors (Lipinski definition) is 0.